The molecule has 0 fully saturated rings. The van der Waals surface area contributed by atoms with Crippen molar-refractivity contribution in [3.8, 4) is 11.1 Å². The molecule has 1 N–H and O–H groups in total. The van der Waals surface area contributed by atoms with Gasteiger partial charge in [0.25, 0.3) is 0 Å². The molecule has 3 heteroatoms. The molecule has 0 heterocycles. The van der Waals surface area contributed by atoms with Crippen LogP contribution in [0.4, 0.5) is 4.39 Å². The van der Waals surface area contributed by atoms with E-state index in [2.05, 4.69) is 5.32 Å². The van der Waals surface area contributed by atoms with Crippen LogP contribution in [-0.2, 0) is 6.54 Å². The van der Waals surface area contributed by atoms with Gasteiger partial charge in [0.2, 0.25) is 0 Å². The van der Waals surface area contributed by atoms with Crippen LogP contribution in [0, 0.1) is 12.7 Å². The van der Waals surface area contributed by atoms with Crippen molar-refractivity contribution in [1.82, 2.24) is 5.32 Å². The molecule has 0 spiro atoms. The van der Waals surface area contributed by atoms with E-state index in [4.69, 9.17) is 11.6 Å². The van der Waals surface area contributed by atoms with Crippen molar-refractivity contribution in [3.63, 3.8) is 0 Å². The molecule has 0 aliphatic carbocycles. The molecule has 0 saturated carbocycles. The highest BCUT2D eigenvalue weighted by Crippen LogP contribution is 2.26. The fraction of sp³-hybridized carbons (Fsp3) is 0.294. The van der Waals surface area contributed by atoms with E-state index in [1.165, 1.54) is 0 Å². The normalized spacial score (nSPS) is 11.1. The molecular formula is C17H19ClFN. The first-order valence-corrected chi connectivity index (χ1v) is 7.13. The molecule has 106 valence electrons. The summed E-state index contributed by atoms with van der Waals surface area (Å²) in [5.41, 5.74) is 3.48. The van der Waals surface area contributed by atoms with E-state index in [0.29, 0.717) is 23.2 Å². The second-order valence-corrected chi connectivity index (χ2v) is 5.71. The van der Waals surface area contributed by atoms with E-state index in [1.807, 2.05) is 51.1 Å². The molecule has 0 aliphatic heterocycles. The Labute approximate surface area is 124 Å². The van der Waals surface area contributed by atoms with Crippen molar-refractivity contribution in [1.29, 1.82) is 0 Å². The largest absolute Gasteiger partial charge is 0.310 e. The molecule has 0 aliphatic rings. The van der Waals surface area contributed by atoms with Crippen LogP contribution in [-0.4, -0.2) is 6.04 Å². The Hall–Kier alpha value is -1.38. The molecule has 0 unspecified atom stereocenters. The highest BCUT2D eigenvalue weighted by Gasteiger charge is 2.07. The molecule has 2 rings (SSSR count). The van der Waals surface area contributed by atoms with Gasteiger partial charge in [-0.1, -0.05) is 49.7 Å². The summed E-state index contributed by atoms with van der Waals surface area (Å²) in [6.45, 7) is 6.58. The first kappa shape index (κ1) is 15.0. The molecule has 20 heavy (non-hydrogen) atoms. The SMILES string of the molecule is Cc1ccc(-c2ccc(CNC(C)C)c(F)c2)cc1Cl. The van der Waals surface area contributed by atoms with Crippen LogP contribution in [0.25, 0.3) is 11.1 Å². The molecule has 0 atom stereocenters. The molecule has 2 aromatic carbocycles. The van der Waals surface area contributed by atoms with Gasteiger partial charge in [0.15, 0.2) is 0 Å². The summed E-state index contributed by atoms with van der Waals surface area (Å²) in [5.74, 6) is -0.188. The summed E-state index contributed by atoms with van der Waals surface area (Å²) in [6.07, 6.45) is 0. The predicted octanol–water partition coefficient (Wildman–Crippen LogP) is 4.95. The minimum absolute atomic E-state index is 0.188. The first-order valence-electron chi connectivity index (χ1n) is 6.75. The summed E-state index contributed by atoms with van der Waals surface area (Å²) in [4.78, 5) is 0. The molecule has 0 saturated heterocycles. The molecule has 0 radical (unpaired) electrons. The van der Waals surface area contributed by atoms with Gasteiger partial charge in [0.1, 0.15) is 5.82 Å². The van der Waals surface area contributed by atoms with Crippen molar-refractivity contribution in [3.05, 3.63) is 58.4 Å². The van der Waals surface area contributed by atoms with E-state index < -0.39 is 0 Å². The highest BCUT2D eigenvalue weighted by molar-refractivity contribution is 6.31. The number of rotatable bonds is 4. The van der Waals surface area contributed by atoms with Gasteiger partial charge in [-0.15, -0.1) is 0 Å². The first-order chi connectivity index (χ1) is 9.47. The number of hydrogen-bond acceptors (Lipinski definition) is 1. The summed E-state index contributed by atoms with van der Waals surface area (Å²) in [5, 5.41) is 3.92. The van der Waals surface area contributed by atoms with Gasteiger partial charge in [-0.25, -0.2) is 4.39 Å². The average Bonchev–Trinajstić information content (AvgIpc) is 2.40. The van der Waals surface area contributed by atoms with Gasteiger partial charge >= 0.3 is 0 Å². The average molecular weight is 292 g/mol. The van der Waals surface area contributed by atoms with Crippen LogP contribution in [0.1, 0.15) is 25.0 Å². The summed E-state index contributed by atoms with van der Waals surface area (Å²) >= 11 is 6.12. The van der Waals surface area contributed by atoms with E-state index in [1.54, 1.807) is 6.07 Å². The van der Waals surface area contributed by atoms with Crippen molar-refractivity contribution in [2.24, 2.45) is 0 Å². The van der Waals surface area contributed by atoms with E-state index in [-0.39, 0.29) is 5.82 Å². The van der Waals surface area contributed by atoms with E-state index >= 15 is 0 Å². The van der Waals surface area contributed by atoms with Crippen LogP contribution >= 0.6 is 11.6 Å². The lowest BCUT2D eigenvalue weighted by Crippen LogP contribution is -2.22. The van der Waals surface area contributed by atoms with Gasteiger partial charge < -0.3 is 5.32 Å². The zero-order valence-corrected chi connectivity index (χ0v) is 12.8. The lowest BCUT2D eigenvalue weighted by molar-refractivity contribution is 0.553. The molecule has 0 aromatic heterocycles. The Morgan fingerprint density at radius 2 is 1.75 bits per heavy atom. The maximum absolute atomic E-state index is 14.1. The van der Waals surface area contributed by atoms with Crippen molar-refractivity contribution in [2.75, 3.05) is 0 Å². The van der Waals surface area contributed by atoms with Gasteiger partial charge in [-0.2, -0.15) is 0 Å². The predicted molar refractivity (Wildman–Crippen MR) is 83.6 cm³/mol. The second kappa shape index (κ2) is 6.38. The summed E-state index contributed by atoms with van der Waals surface area (Å²) in [7, 11) is 0. The van der Waals surface area contributed by atoms with Crippen LogP contribution < -0.4 is 5.32 Å². The van der Waals surface area contributed by atoms with Crippen LogP contribution in [0.15, 0.2) is 36.4 Å². The quantitative estimate of drug-likeness (QED) is 0.840. The van der Waals surface area contributed by atoms with Gasteiger partial charge in [0, 0.05) is 23.2 Å². The van der Waals surface area contributed by atoms with Crippen LogP contribution in [0.5, 0.6) is 0 Å². The molecular weight excluding hydrogens is 273 g/mol. The Balaban J connectivity index is 2.26. The molecule has 0 amide bonds. The zero-order valence-electron chi connectivity index (χ0n) is 12.0. The zero-order chi connectivity index (χ0) is 14.7. The third-order valence-electron chi connectivity index (χ3n) is 3.26. The minimum atomic E-state index is -0.188. The van der Waals surface area contributed by atoms with Crippen LogP contribution in [0.3, 0.4) is 0 Å². The van der Waals surface area contributed by atoms with Gasteiger partial charge in [-0.3, -0.25) is 0 Å². The standard InChI is InChI=1S/C17H19ClFN/c1-11(2)20-10-15-7-6-14(9-17(15)19)13-5-4-12(3)16(18)8-13/h4-9,11,20H,10H2,1-3H3. The Morgan fingerprint density at radius 3 is 2.35 bits per heavy atom. The van der Waals surface area contributed by atoms with Gasteiger partial charge in [0.05, 0.1) is 0 Å². The highest BCUT2D eigenvalue weighted by atomic mass is 35.5. The van der Waals surface area contributed by atoms with E-state index in [0.717, 1.165) is 16.7 Å². The smallest absolute Gasteiger partial charge is 0.128 e. The maximum Gasteiger partial charge on any atom is 0.128 e. The van der Waals surface area contributed by atoms with Crippen molar-refractivity contribution >= 4 is 11.6 Å². The lowest BCUT2D eigenvalue weighted by atomic mass is 10.0. The Bertz CT molecular complexity index is 608. The third-order valence-corrected chi connectivity index (χ3v) is 3.67. The number of hydrogen-bond donors (Lipinski definition) is 1. The maximum atomic E-state index is 14.1. The summed E-state index contributed by atoms with van der Waals surface area (Å²) < 4.78 is 14.1. The number of aryl methyl sites for hydroxylation is 1. The third kappa shape index (κ3) is 3.59. The van der Waals surface area contributed by atoms with Gasteiger partial charge in [-0.05, 0) is 35.7 Å². The van der Waals surface area contributed by atoms with Crippen molar-refractivity contribution in [2.45, 2.75) is 33.4 Å². The van der Waals surface area contributed by atoms with Crippen molar-refractivity contribution < 1.29 is 4.39 Å². The Kier molecular flexibility index (Phi) is 4.79. The summed E-state index contributed by atoms with van der Waals surface area (Å²) in [6, 6.07) is 11.4. The number of nitrogens with one attached hydrogen (secondary N) is 1. The lowest BCUT2D eigenvalue weighted by Gasteiger charge is -2.10. The molecule has 1 nitrogen and oxygen atoms in total. The number of benzene rings is 2. The number of halogens is 2. The minimum Gasteiger partial charge on any atom is -0.310 e. The topological polar surface area (TPSA) is 12.0 Å². The molecule has 0 bridgehead atoms. The Morgan fingerprint density at radius 1 is 1.10 bits per heavy atom. The van der Waals surface area contributed by atoms with E-state index in [9.17, 15) is 4.39 Å². The molecule has 2 aromatic rings. The second-order valence-electron chi connectivity index (χ2n) is 5.31. The fourth-order valence-electron chi connectivity index (χ4n) is 1.96. The monoisotopic (exact) mass is 291 g/mol. The van der Waals surface area contributed by atoms with Crippen LogP contribution in [0.2, 0.25) is 5.02 Å². The fourth-order valence-corrected chi connectivity index (χ4v) is 2.14.